The lowest BCUT2D eigenvalue weighted by Gasteiger charge is -2.06. The van der Waals surface area contributed by atoms with Crippen LogP contribution in [0.2, 0.25) is 0 Å². The largest absolute Gasteiger partial charge is 0.489 e. The van der Waals surface area contributed by atoms with E-state index in [0.717, 1.165) is 5.57 Å². The van der Waals surface area contributed by atoms with Crippen molar-refractivity contribution < 1.29 is 14.3 Å². The molecule has 3 heteroatoms. The maximum absolute atomic E-state index is 11.2. The van der Waals surface area contributed by atoms with E-state index < -0.39 is 0 Å². The van der Waals surface area contributed by atoms with Crippen LogP contribution >= 0.6 is 0 Å². The summed E-state index contributed by atoms with van der Waals surface area (Å²) in [5.41, 5.74) is 1.41. The molecule has 1 aromatic rings. The van der Waals surface area contributed by atoms with E-state index in [0.29, 0.717) is 17.9 Å². The molecule has 0 radical (unpaired) electrons. The third-order valence-electron chi connectivity index (χ3n) is 1.74. The summed E-state index contributed by atoms with van der Waals surface area (Å²) >= 11 is 0. The minimum absolute atomic E-state index is 0.365. The standard InChI is InChI=1S/C12H14O3/c1-9(2)8-15-11-6-4-5-10(7-11)12(13)14-3/h4-7H,1,8H2,2-3H3. The van der Waals surface area contributed by atoms with Gasteiger partial charge >= 0.3 is 5.97 Å². The predicted molar refractivity (Wildman–Crippen MR) is 58.1 cm³/mol. The highest BCUT2D eigenvalue weighted by molar-refractivity contribution is 5.89. The topological polar surface area (TPSA) is 35.5 Å². The SMILES string of the molecule is C=C(C)COc1cccc(C(=O)OC)c1. The molecule has 0 aromatic heterocycles. The van der Waals surface area contributed by atoms with Crippen LogP contribution in [0.4, 0.5) is 0 Å². The Kier molecular flexibility index (Phi) is 3.92. The second kappa shape index (κ2) is 5.20. The van der Waals surface area contributed by atoms with Gasteiger partial charge in [0, 0.05) is 0 Å². The molecule has 15 heavy (non-hydrogen) atoms. The first-order valence-electron chi connectivity index (χ1n) is 4.59. The number of methoxy groups -OCH3 is 1. The molecule has 3 nitrogen and oxygen atoms in total. The van der Waals surface area contributed by atoms with Crippen LogP contribution in [-0.4, -0.2) is 19.7 Å². The second-order valence-corrected chi connectivity index (χ2v) is 3.27. The van der Waals surface area contributed by atoms with Gasteiger partial charge in [-0.3, -0.25) is 0 Å². The predicted octanol–water partition coefficient (Wildman–Crippen LogP) is 2.43. The van der Waals surface area contributed by atoms with Gasteiger partial charge in [-0.15, -0.1) is 0 Å². The molecule has 0 saturated carbocycles. The Bertz CT molecular complexity index is 369. The number of carbonyl (C=O) groups excluding carboxylic acids is 1. The molecule has 0 N–H and O–H groups in total. The summed E-state index contributed by atoms with van der Waals surface area (Å²) in [6.45, 7) is 6.06. The van der Waals surface area contributed by atoms with Crippen LogP contribution in [-0.2, 0) is 4.74 Å². The Hall–Kier alpha value is -1.77. The highest BCUT2D eigenvalue weighted by Gasteiger charge is 2.05. The summed E-state index contributed by atoms with van der Waals surface area (Å²) in [5, 5.41) is 0. The van der Waals surface area contributed by atoms with Crippen LogP contribution in [0.5, 0.6) is 5.75 Å². The molecule has 80 valence electrons. The summed E-state index contributed by atoms with van der Waals surface area (Å²) in [6, 6.07) is 6.86. The van der Waals surface area contributed by atoms with Crippen molar-refractivity contribution >= 4 is 5.97 Å². The molecule has 0 saturated heterocycles. The summed E-state index contributed by atoms with van der Waals surface area (Å²) < 4.78 is 10.0. The van der Waals surface area contributed by atoms with Crippen LogP contribution in [0.25, 0.3) is 0 Å². The maximum atomic E-state index is 11.2. The van der Waals surface area contributed by atoms with Crippen molar-refractivity contribution in [3.63, 3.8) is 0 Å². The van der Waals surface area contributed by atoms with E-state index in [2.05, 4.69) is 11.3 Å². The first-order chi connectivity index (χ1) is 7.13. The zero-order valence-corrected chi connectivity index (χ0v) is 8.95. The highest BCUT2D eigenvalue weighted by atomic mass is 16.5. The van der Waals surface area contributed by atoms with Crippen LogP contribution in [0.15, 0.2) is 36.4 Å². The molecule has 0 unspecified atom stereocenters. The first-order valence-corrected chi connectivity index (χ1v) is 4.59. The third kappa shape index (κ3) is 3.46. The van der Waals surface area contributed by atoms with Crippen molar-refractivity contribution in [1.29, 1.82) is 0 Å². The van der Waals surface area contributed by atoms with Gasteiger partial charge in [0.25, 0.3) is 0 Å². The number of benzene rings is 1. The molecule has 0 heterocycles. The van der Waals surface area contributed by atoms with E-state index in [1.807, 2.05) is 6.92 Å². The fraction of sp³-hybridized carbons (Fsp3) is 0.250. The van der Waals surface area contributed by atoms with Gasteiger partial charge in [-0.25, -0.2) is 4.79 Å². The number of hydrogen-bond acceptors (Lipinski definition) is 3. The molecule has 0 amide bonds. The number of ether oxygens (including phenoxy) is 2. The Labute approximate surface area is 89.3 Å². The van der Waals surface area contributed by atoms with Crippen molar-refractivity contribution in [3.05, 3.63) is 42.0 Å². The van der Waals surface area contributed by atoms with Crippen molar-refractivity contribution in [3.8, 4) is 5.75 Å². The van der Waals surface area contributed by atoms with E-state index in [1.165, 1.54) is 7.11 Å². The van der Waals surface area contributed by atoms with Crippen LogP contribution in [0.1, 0.15) is 17.3 Å². The summed E-state index contributed by atoms with van der Waals surface area (Å²) in [6.07, 6.45) is 0. The molecule has 0 aliphatic heterocycles. The number of hydrogen-bond donors (Lipinski definition) is 0. The van der Waals surface area contributed by atoms with E-state index in [1.54, 1.807) is 24.3 Å². The summed E-state index contributed by atoms with van der Waals surface area (Å²) in [4.78, 5) is 11.2. The molecule has 1 rings (SSSR count). The van der Waals surface area contributed by atoms with Gasteiger partial charge in [-0.2, -0.15) is 0 Å². The Morgan fingerprint density at radius 2 is 2.20 bits per heavy atom. The number of rotatable bonds is 4. The summed E-state index contributed by atoms with van der Waals surface area (Å²) in [5.74, 6) is 0.275. The van der Waals surface area contributed by atoms with Gasteiger partial charge < -0.3 is 9.47 Å². The quantitative estimate of drug-likeness (QED) is 0.560. The van der Waals surface area contributed by atoms with Crippen molar-refractivity contribution in [2.24, 2.45) is 0 Å². The normalized spacial score (nSPS) is 9.47. The molecule has 0 bridgehead atoms. The van der Waals surface area contributed by atoms with Gasteiger partial charge in [-0.1, -0.05) is 12.6 Å². The minimum atomic E-state index is -0.365. The van der Waals surface area contributed by atoms with E-state index in [4.69, 9.17) is 4.74 Å². The number of esters is 1. The molecular formula is C12H14O3. The summed E-state index contributed by atoms with van der Waals surface area (Å²) in [7, 11) is 1.35. The first kappa shape index (κ1) is 11.3. The lowest BCUT2D eigenvalue weighted by atomic mass is 10.2. The molecule has 0 atom stereocenters. The van der Waals surface area contributed by atoms with Crippen molar-refractivity contribution in [2.45, 2.75) is 6.92 Å². The maximum Gasteiger partial charge on any atom is 0.337 e. The zero-order chi connectivity index (χ0) is 11.3. The van der Waals surface area contributed by atoms with E-state index in [-0.39, 0.29) is 5.97 Å². The monoisotopic (exact) mass is 206 g/mol. The Morgan fingerprint density at radius 1 is 1.47 bits per heavy atom. The molecule has 0 spiro atoms. The smallest absolute Gasteiger partial charge is 0.337 e. The van der Waals surface area contributed by atoms with E-state index in [9.17, 15) is 4.79 Å². The van der Waals surface area contributed by atoms with Gasteiger partial charge in [0.05, 0.1) is 12.7 Å². The third-order valence-corrected chi connectivity index (χ3v) is 1.74. The molecule has 0 fully saturated rings. The molecule has 0 aliphatic rings. The van der Waals surface area contributed by atoms with Crippen LogP contribution in [0.3, 0.4) is 0 Å². The van der Waals surface area contributed by atoms with Crippen molar-refractivity contribution in [2.75, 3.05) is 13.7 Å². The van der Waals surface area contributed by atoms with E-state index >= 15 is 0 Å². The van der Waals surface area contributed by atoms with Gasteiger partial charge in [-0.05, 0) is 30.7 Å². The Balaban J connectivity index is 2.74. The fourth-order valence-electron chi connectivity index (χ4n) is 1.04. The average Bonchev–Trinajstić information content (AvgIpc) is 2.25. The second-order valence-electron chi connectivity index (χ2n) is 3.27. The van der Waals surface area contributed by atoms with Gasteiger partial charge in [0.1, 0.15) is 12.4 Å². The van der Waals surface area contributed by atoms with Crippen LogP contribution in [0, 0.1) is 0 Å². The Morgan fingerprint density at radius 3 is 2.80 bits per heavy atom. The zero-order valence-electron chi connectivity index (χ0n) is 8.95. The molecular weight excluding hydrogens is 192 g/mol. The highest BCUT2D eigenvalue weighted by Crippen LogP contribution is 2.14. The van der Waals surface area contributed by atoms with Crippen LogP contribution < -0.4 is 4.74 Å². The lowest BCUT2D eigenvalue weighted by Crippen LogP contribution is -2.02. The molecule has 1 aromatic carbocycles. The molecule has 0 aliphatic carbocycles. The average molecular weight is 206 g/mol. The minimum Gasteiger partial charge on any atom is -0.489 e. The fourth-order valence-corrected chi connectivity index (χ4v) is 1.04. The van der Waals surface area contributed by atoms with Crippen molar-refractivity contribution in [1.82, 2.24) is 0 Å². The number of carbonyl (C=O) groups is 1. The van der Waals surface area contributed by atoms with Gasteiger partial charge in [0.2, 0.25) is 0 Å². The lowest BCUT2D eigenvalue weighted by molar-refractivity contribution is 0.0600. The van der Waals surface area contributed by atoms with Gasteiger partial charge in [0.15, 0.2) is 0 Å².